The third-order valence-electron chi connectivity index (χ3n) is 1.99. The molecule has 2 heterocycles. The first-order valence-electron chi connectivity index (χ1n) is 4.30. The minimum Gasteiger partial charge on any atom is -0.291 e. The molecule has 5 heteroatoms. The van der Waals surface area contributed by atoms with E-state index in [1.165, 1.54) is 11.4 Å². The van der Waals surface area contributed by atoms with Gasteiger partial charge in [0.1, 0.15) is 0 Å². The summed E-state index contributed by atoms with van der Waals surface area (Å²) in [7, 11) is 0. The smallest absolute Gasteiger partial charge is 0.220 e. The van der Waals surface area contributed by atoms with Gasteiger partial charge in [0.25, 0.3) is 0 Å². The molecule has 0 saturated carbocycles. The summed E-state index contributed by atoms with van der Waals surface area (Å²) in [6.07, 6.45) is 0. The van der Waals surface area contributed by atoms with Gasteiger partial charge in [-0.15, -0.1) is 10.2 Å². The molecule has 0 aliphatic rings. The van der Waals surface area contributed by atoms with Gasteiger partial charge < -0.3 is 0 Å². The number of nitrogens with zero attached hydrogens (tertiary/aromatic N) is 4. The summed E-state index contributed by atoms with van der Waals surface area (Å²) in [4.78, 5) is 11.2. The van der Waals surface area contributed by atoms with Crippen LogP contribution in [0.5, 0.6) is 0 Å². The molecule has 0 amide bonds. The molecule has 2 rings (SSSR count). The standard InChI is InChI=1S/C9H10N4O/c1-5-4-6(2)12-13-8(5)10-11-9(13)7(3)14/h4H,1-3H3. The van der Waals surface area contributed by atoms with Gasteiger partial charge in [0.15, 0.2) is 11.4 Å². The number of Topliss-reactive ketones (excluding diaryl/α,β-unsaturated/α-hetero) is 1. The zero-order valence-corrected chi connectivity index (χ0v) is 8.27. The van der Waals surface area contributed by atoms with Crippen LogP contribution in [0.1, 0.15) is 28.8 Å². The lowest BCUT2D eigenvalue weighted by Crippen LogP contribution is -2.05. The highest BCUT2D eigenvalue weighted by molar-refractivity contribution is 5.91. The van der Waals surface area contributed by atoms with Crippen molar-refractivity contribution in [1.82, 2.24) is 19.8 Å². The van der Waals surface area contributed by atoms with E-state index < -0.39 is 0 Å². The van der Waals surface area contributed by atoms with Gasteiger partial charge in [0.05, 0.1) is 5.69 Å². The monoisotopic (exact) mass is 190 g/mol. The van der Waals surface area contributed by atoms with E-state index in [1.54, 1.807) is 0 Å². The van der Waals surface area contributed by atoms with E-state index in [0.717, 1.165) is 11.3 Å². The lowest BCUT2D eigenvalue weighted by atomic mass is 10.3. The maximum Gasteiger partial charge on any atom is 0.220 e. The molecule has 14 heavy (non-hydrogen) atoms. The molecule has 2 aromatic rings. The van der Waals surface area contributed by atoms with Gasteiger partial charge in [-0.05, 0) is 25.5 Å². The number of carbonyl (C=O) groups excluding carboxylic acids is 1. The molecule has 5 nitrogen and oxygen atoms in total. The van der Waals surface area contributed by atoms with Crippen LogP contribution in [0.3, 0.4) is 0 Å². The van der Waals surface area contributed by atoms with Gasteiger partial charge in [-0.1, -0.05) is 0 Å². The summed E-state index contributed by atoms with van der Waals surface area (Å²) in [5, 5.41) is 11.9. The molecule has 0 unspecified atom stereocenters. The van der Waals surface area contributed by atoms with Crippen molar-refractivity contribution in [2.45, 2.75) is 20.8 Å². The van der Waals surface area contributed by atoms with Crippen molar-refractivity contribution in [3.8, 4) is 0 Å². The average molecular weight is 190 g/mol. The molecule has 0 radical (unpaired) electrons. The third kappa shape index (κ3) is 1.17. The van der Waals surface area contributed by atoms with Crippen LogP contribution in [0, 0.1) is 13.8 Å². The second-order valence-corrected chi connectivity index (χ2v) is 3.28. The van der Waals surface area contributed by atoms with Crippen molar-refractivity contribution in [2.75, 3.05) is 0 Å². The van der Waals surface area contributed by atoms with Crippen molar-refractivity contribution in [1.29, 1.82) is 0 Å². The fraction of sp³-hybridized carbons (Fsp3) is 0.333. The Balaban J connectivity index is 2.85. The summed E-state index contributed by atoms with van der Waals surface area (Å²) >= 11 is 0. The lowest BCUT2D eigenvalue weighted by molar-refractivity contribution is 0.100. The lowest BCUT2D eigenvalue weighted by Gasteiger charge is -1.99. The molecule has 0 aromatic carbocycles. The molecule has 0 fully saturated rings. The Kier molecular flexibility index (Phi) is 1.80. The Hall–Kier alpha value is -1.78. The quantitative estimate of drug-likeness (QED) is 0.628. The van der Waals surface area contributed by atoms with Crippen LogP contribution in [0.15, 0.2) is 6.07 Å². The van der Waals surface area contributed by atoms with Crippen LogP contribution in [0.25, 0.3) is 5.65 Å². The Bertz CT molecular complexity index is 515. The first-order chi connectivity index (χ1) is 6.59. The summed E-state index contributed by atoms with van der Waals surface area (Å²) < 4.78 is 1.49. The highest BCUT2D eigenvalue weighted by Gasteiger charge is 2.12. The van der Waals surface area contributed by atoms with Crippen LogP contribution in [-0.2, 0) is 0 Å². The molecule has 2 aromatic heterocycles. The molecule has 0 aliphatic heterocycles. The molecule has 72 valence electrons. The summed E-state index contributed by atoms with van der Waals surface area (Å²) in [5.74, 6) is 0.154. The molecule has 0 saturated heterocycles. The molecule has 0 bridgehead atoms. The summed E-state index contributed by atoms with van der Waals surface area (Å²) in [5.41, 5.74) is 2.45. The molecular weight excluding hydrogens is 180 g/mol. The zero-order valence-electron chi connectivity index (χ0n) is 8.27. The fourth-order valence-corrected chi connectivity index (χ4v) is 1.40. The van der Waals surface area contributed by atoms with Gasteiger partial charge in [-0.25, -0.2) is 0 Å². The van der Waals surface area contributed by atoms with E-state index in [0.29, 0.717) is 5.65 Å². The van der Waals surface area contributed by atoms with Crippen LogP contribution in [-0.4, -0.2) is 25.6 Å². The Labute approximate surface area is 80.8 Å². The van der Waals surface area contributed by atoms with E-state index in [4.69, 9.17) is 0 Å². The van der Waals surface area contributed by atoms with Gasteiger partial charge in [-0.3, -0.25) is 4.79 Å². The van der Waals surface area contributed by atoms with Crippen LogP contribution in [0.4, 0.5) is 0 Å². The number of aromatic nitrogens is 4. The van der Waals surface area contributed by atoms with Gasteiger partial charge in [-0.2, -0.15) is 9.61 Å². The number of rotatable bonds is 1. The zero-order chi connectivity index (χ0) is 10.3. The van der Waals surface area contributed by atoms with Crippen molar-refractivity contribution in [2.24, 2.45) is 0 Å². The first-order valence-corrected chi connectivity index (χ1v) is 4.30. The van der Waals surface area contributed by atoms with Crippen LogP contribution in [0.2, 0.25) is 0 Å². The number of carbonyl (C=O) groups is 1. The molecule has 0 aliphatic carbocycles. The van der Waals surface area contributed by atoms with Gasteiger partial charge in [0.2, 0.25) is 5.82 Å². The minimum atomic E-state index is -0.130. The van der Waals surface area contributed by atoms with Crippen molar-refractivity contribution < 1.29 is 4.79 Å². The number of ketones is 1. The molecule has 0 N–H and O–H groups in total. The molecule has 0 atom stereocenters. The predicted molar refractivity (Wildman–Crippen MR) is 50.3 cm³/mol. The van der Waals surface area contributed by atoms with E-state index >= 15 is 0 Å². The second kappa shape index (κ2) is 2.87. The molecule has 0 spiro atoms. The number of aryl methyl sites for hydroxylation is 2. The molecular formula is C9H10N4O. The first kappa shape index (κ1) is 8.80. The number of hydrogen-bond acceptors (Lipinski definition) is 4. The highest BCUT2D eigenvalue weighted by atomic mass is 16.1. The topological polar surface area (TPSA) is 60.2 Å². The van der Waals surface area contributed by atoms with Gasteiger partial charge in [0, 0.05) is 6.92 Å². The van der Waals surface area contributed by atoms with E-state index in [2.05, 4.69) is 15.3 Å². The van der Waals surface area contributed by atoms with Crippen molar-refractivity contribution in [3.63, 3.8) is 0 Å². The van der Waals surface area contributed by atoms with Crippen molar-refractivity contribution in [3.05, 3.63) is 23.1 Å². The normalized spacial score (nSPS) is 10.8. The maximum absolute atomic E-state index is 11.2. The van der Waals surface area contributed by atoms with E-state index in [1.807, 2.05) is 19.9 Å². The Morgan fingerprint density at radius 3 is 2.71 bits per heavy atom. The highest BCUT2D eigenvalue weighted by Crippen LogP contribution is 2.09. The largest absolute Gasteiger partial charge is 0.291 e. The van der Waals surface area contributed by atoms with Crippen LogP contribution >= 0.6 is 0 Å². The number of hydrogen-bond donors (Lipinski definition) is 0. The maximum atomic E-state index is 11.2. The van der Waals surface area contributed by atoms with Crippen molar-refractivity contribution >= 4 is 11.4 Å². The summed E-state index contributed by atoms with van der Waals surface area (Å²) in [6.45, 7) is 5.24. The predicted octanol–water partition coefficient (Wildman–Crippen LogP) is 0.944. The minimum absolute atomic E-state index is 0.130. The average Bonchev–Trinajstić information content (AvgIpc) is 2.47. The van der Waals surface area contributed by atoms with E-state index in [-0.39, 0.29) is 11.6 Å². The second-order valence-electron chi connectivity index (χ2n) is 3.28. The SMILES string of the molecule is CC(=O)c1nnc2c(C)cc(C)nn12. The third-order valence-corrected chi connectivity index (χ3v) is 1.99. The van der Waals surface area contributed by atoms with E-state index in [9.17, 15) is 4.79 Å². The fourth-order valence-electron chi connectivity index (χ4n) is 1.40. The Morgan fingerprint density at radius 1 is 1.36 bits per heavy atom. The summed E-state index contributed by atoms with van der Waals surface area (Å²) in [6, 6.07) is 1.91. The Morgan fingerprint density at radius 2 is 2.07 bits per heavy atom. The number of fused-ring (bicyclic) bond motifs is 1. The van der Waals surface area contributed by atoms with Gasteiger partial charge >= 0.3 is 0 Å². The van der Waals surface area contributed by atoms with Crippen LogP contribution < -0.4 is 0 Å².